The molecule has 0 radical (unpaired) electrons. The Labute approximate surface area is 125 Å². The fraction of sp³-hybridized carbons (Fsp3) is 0.400. The molecular formula is C15H21ClN2S. The van der Waals surface area contributed by atoms with Crippen LogP contribution in [-0.2, 0) is 12.0 Å². The Hall–Kier alpha value is -0.900. The second-order valence-corrected chi connectivity index (χ2v) is 6.04. The van der Waals surface area contributed by atoms with Gasteiger partial charge in [0, 0.05) is 22.9 Å². The molecule has 4 heteroatoms. The largest absolute Gasteiger partial charge is 0.326 e. The van der Waals surface area contributed by atoms with Gasteiger partial charge in [0.25, 0.3) is 0 Å². The maximum Gasteiger partial charge on any atom is 0.123 e. The average Bonchev–Trinajstić information content (AvgIpc) is 2.89. The van der Waals surface area contributed by atoms with Crippen molar-refractivity contribution in [1.29, 1.82) is 0 Å². The van der Waals surface area contributed by atoms with Crippen LogP contribution in [0.5, 0.6) is 0 Å². The molecule has 0 bridgehead atoms. The Bertz CT molecular complexity index is 534. The summed E-state index contributed by atoms with van der Waals surface area (Å²) in [6, 6.07) is 8.32. The number of benzene rings is 1. The molecular weight excluding hydrogens is 276 g/mol. The highest BCUT2D eigenvalue weighted by Gasteiger charge is 2.21. The SMILES string of the molecule is CCC(C)(C)c1csc(-c2cccc(CN)c2)n1.Cl. The van der Waals surface area contributed by atoms with E-state index in [2.05, 4.69) is 38.3 Å². The minimum atomic E-state index is 0. The molecule has 0 saturated carbocycles. The lowest BCUT2D eigenvalue weighted by Gasteiger charge is -2.19. The lowest BCUT2D eigenvalue weighted by atomic mass is 9.87. The van der Waals surface area contributed by atoms with Crippen LogP contribution in [-0.4, -0.2) is 4.98 Å². The van der Waals surface area contributed by atoms with Crippen LogP contribution < -0.4 is 5.73 Å². The summed E-state index contributed by atoms with van der Waals surface area (Å²) in [5.74, 6) is 0. The third-order valence-electron chi connectivity index (χ3n) is 3.49. The second kappa shape index (κ2) is 6.51. The number of thiazole rings is 1. The third-order valence-corrected chi connectivity index (χ3v) is 4.38. The summed E-state index contributed by atoms with van der Waals surface area (Å²) in [5.41, 5.74) is 9.33. The zero-order chi connectivity index (χ0) is 13.2. The number of nitrogens with two attached hydrogens (primary N) is 1. The van der Waals surface area contributed by atoms with Crippen LogP contribution >= 0.6 is 23.7 Å². The predicted octanol–water partition coefficient (Wildman–Crippen LogP) is 4.38. The van der Waals surface area contributed by atoms with E-state index in [0.29, 0.717) is 6.54 Å². The van der Waals surface area contributed by atoms with Crippen molar-refractivity contribution in [3.05, 3.63) is 40.9 Å². The van der Waals surface area contributed by atoms with Crippen molar-refractivity contribution in [3.8, 4) is 10.6 Å². The van der Waals surface area contributed by atoms with E-state index in [9.17, 15) is 0 Å². The molecule has 1 heterocycles. The standard InChI is InChI=1S/C15H20N2S.ClH/c1-4-15(2,3)13-10-18-14(17-13)12-7-5-6-11(8-12)9-16;/h5-8,10H,4,9,16H2,1-3H3;1H. The number of rotatable bonds is 4. The van der Waals surface area contributed by atoms with Crippen LogP contribution in [0, 0.1) is 0 Å². The summed E-state index contributed by atoms with van der Waals surface area (Å²) in [7, 11) is 0. The normalized spacial score (nSPS) is 11.2. The van der Waals surface area contributed by atoms with Crippen molar-refractivity contribution >= 4 is 23.7 Å². The highest BCUT2D eigenvalue weighted by Crippen LogP contribution is 2.32. The Morgan fingerprint density at radius 2 is 2.05 bits per heavy atom. The molecule has 104 valence electrons. The van der Waals surface area contributed by atoms with Crippen molar-refractivity contribution < 1.29 is 0 Å². The van der Waals surface area contributed by atoms with Crippen molar-refractivity contribution in [2.75, 3.05) is 0 Å². The van der Waals surface area contributed by atoms with Gasteiger partial charge in [0.2, 0.25) is 0 Å². The molecule has 0 amide bonds. The van der Waals surface area contributed by atoms with E-state index in [1.807, 2.05) is 12.1 Å². The first kappa shape index (κ1) is 16.2. The molecule has 0 fully saturated rings. The van der Waals surface area contributed by atoms with Gasteiger partial charge < -0.3 is 5.73 Å². The van der Waals surface area contributed by atoms with Gasteiger partial charge in [0.05, 0.1) is 5.69 Å². The molecule has 0 unspecified atom stereocenters. The van der Waals surface area contributed by atoms with E-state index in [1.54, 1.807) is 11.3 Å². The summed E-state index contributed by atoms with van der Waals surface area (Å²) in [6.07, 6.45) is 1.10. The lowest BCUT2D eigenvalue weighted by molar-refractivity contribution is 0.493. The Balaban J connectivity index is 0.00000180. The summed E-state index contributed by atoms with van der Waals surface area (Å²) in [6.45, 7) is 7.25. The summed E-state index contributed by atoms with van der Waals surface area (Å²) < 4.78 is 0. The van der Waals surface area contributed by atoms with Crippen molar-refractivity contribution in [2.45, 2.75) is 39.2 Å². The summed E-state index contributed by atoms with van der Waals surface area (Å²) in [4.78, 5) is 4.78. The van der Waals surface area contributed by atoms with Crippen LogP contribution in [0.2, 0.25) is 0 Å². The minimum Gasteiger partial charge on any atom is -0.326 e. The Morgan fingerprint density at radius 1 is 1.32 bits per heavy atom. The average molecular weight is 297 g/mol. The first-order valence-electron chi connectivity index (χ1n) is 6.32. The van der Waals surface area contributed by atoms with Crippen molar-refractivity contribution in [1.82, 2.24) is 4.98 Å². The van der Waals surface area contributed by atoms with Gasteiger partial charge in [-0.15, -0.1) is 23.7 Å². The zero-order valence-electron chi connectivity index (χ0n) is 11.6. The summed E-state index contributed by atoms with van der Waals surface area (Å²) >= 11 is 1.71. The molecule has 0 aliphatic heterocycles. The van der Waals surface area contributed by atoms with Crippen molar-refractivity contribution in [2.24, 2.45) is 5.73 Å². The maximum absolute atomic E-state index is 5.68. The van der Waals surface area contributed by atoms with Crippen LogP contribution in [0.25, 0.3) is 10.6 Å². The number of aromatic nitrogens is 1. The topological polar surface area (TPSA) is 38.9 Å². The predicted molar refractivity (Wildman–Crippen MR) is 86.0 cm³/mol. The molecule has 2 N–H and O–H groups in total. The molecule has 0 saturated heterocycles. The number of hydrogen-bond donors (Lipinski definition) is 1. The molecule has 1 aromatic heterocycles. The van der Waals surface area contributed by atoms with Crippen LogP contribution in [0.1, 0.15) is 38.4 Å². The van der Waals surface area contributed by atoms with Gasteiger partial charge in [-0.05, 0) is 18.1 Å². The molecule has 0 atom stereocenters. The molecule has 2 aromatic rings. The monoisotopic (exact) mass is 296 g/mol. The van der Waals surface area contributed by atoms with Gasteiger partial charge >= 0.3 is 0 Å². The second-order valence-electron chi connectivity index (χ2n) is 5.18. The number of nitrogens with zero attached hydrogens (tertiary/aromatic N) is 1. The number of hydrogen-bond acceptors (Lipinski definition) is 3. The third kappa shape index (κ3) is 3.56. The van der Waals surface area contributed by atoms with Crippen molar-refractivity contribution in [3.63, 3.8) is 0 Å². The fourth-order valence-electron chi connectivity index (χ4n) is 1.73. The maximum atomic E-state index is 5.68. The van der Waals surface area contributed by atoms with Crippen LogP contribution in [0.15, 0.2) is 29.6 Å². The Morgan fingerprint density at radius 3 is 2.68 bits per heavy atom. The van der Waals surface area contributed by atoms with Gasteiger partial charge in [-0.2, -0.15) is 0 Å². The van der Waals surface area contributed by atoms with E-state index in [4.69, 9.17) is 10.7 Å². The molecule has 2 nitrogen and oxygen atoms in total. The first-order chi connectivity index (χ1) is 8.56. The van der Waals surface area contributed by atoms with E-state index in [1.165, 1.54) is 11.3 Å². The van der Waals surface area contributed by atoms with E-state index < -0.39 is 0 Å². The smallest absolute Gasteiger partial charge is 0.123 e. The molecule has 0 aliphatic rings. The quantitative estimate of drug-likeness (QED) is 0.909. The van der Waals surface area contributed by atoms with Gasteiger partial charge in [0.1, 0.15) is 5.01 Å². The molecule has 1 aromatic carbocycles. The highest BCUT2D eigenvalue weighted by molar-refractivity contribution is 7.13. The molecule has 2 rings (SSSR count). The van der Waals surface area contributed by atoms with Gasteiger partial charge in [-0.1, -0.05) is 39.0 Å². The highest BCUT2D eigenvalue weighted by atomic mass is 35.5. The van der Waals surface area contributed by atoms with E-state index in [-0.39, 0.29) is 17.8 Å². The molecule has 0 spiro atoms. The Kier molecular flexibility index (Phi) is 5.53. The molecule has 0 aliphatic carbocycles. The summed E-state index contributed by atoms with van der Waals surface area (Å²) in [5, 5.41) is 3.26. The van der Waals surface area contributed by atoms with Crippen LogP contribution in [0.4, 0.5) is 0 Å². The fourth-order valence-corrected chi connectivity index (χ4v) is 2.74. The van der Waals surface area contributed by atoms with Gasteiger partial charge in [-0.25, -0.2) is 4.98 Å². The number of halogens is 1. The van der Waals surface area contributed by atoms with E-state index in [0.717, 1.165) is 17.0 Å². The van der Waals surface area contributed by atoms with Gasteiger partial charge in [-0.3, -0.25) is 0 Å². The van der Waals surface area contributed by atoms with E-state index >= 15 is 0 Å². The zero-order valence-corrected chi connectivity index (χ0v) is 13.3. The van der Waals surface area contributed by atoms with Gasteiger partial charge in [0.15, 0.2) is 0 Å². The minimum absolute atomic E-state index is 0. The first-order valence-corrected chi connectivity index (χ1v) is 7.20. The van der Waals surface area contributed by atoms with Crippen LogP contribution in [0.3, 0.4) is 0 Å². The lowest BCUT2D eigenvalue weighted by Crippen LogP contribution is -2.15. The molecule has 19 heavy (non-hydrogen) atoms.